The summed E-state index contributed by atoms with van der Waals surface area (Å²) in [5, 5.41) is 9.03. The summed E-state index contributed by atoms with van der Waals surface area (Å²) in [6.45, 7) is 5.15. The number of ether oxygens (including phenoxy) is 2. The number of piperidine rings is 1. The fourth-order valence-electron chi connectivity index (χ4n) is 3.80. The number of anilines is 1. The first-order valence-corrected chi connectivity index (χ1v) is 9.15. The monoisotopic (exact) mass is 338 g/mol. The van der Waals surface area contributed by atoms with Crippen LogP contribution in [-0.4, -0.2) is 72.6 Å². The summed E-state index contributed by atoms with van der Waals surface area (Å²) in [7, 11) is 0. The second-order valence-corrected chi connectivity index (χ2v) is 7.35. The van der Waals surface area contributed by atoms with Gasteiger partial charge in [0, 0.05) is 26.2 Å². The SMILES string of the molecule is O=C([C@@H]1COC2(CCN(c3nncs3)CC2)C1)N1CCOCC1. The molecule has 126 valence electrons. The highest BCUT2D eigenvalue weighted by Gasteiger charge is 2.46. The Bertz CT molecular complexity index is 539. The molecule has 0 aliphatic carbocycles. The maximum Gasteiger partial charge on any atom is 0.228 e. The lowest BCUT2D eigenvalue weighted by Gasteiger charge is -2.38. The van der Waals surface area contributed by atoms with E-state index in [1.54, 1.807) is 16.8 Å². The summed E-state index contributed by atoms with van der Waals surface area (Å²) >= 11 is 1.57. The van der Waals surface area contributed by atoms with Gasteiger partial charge in [-0.1, -0.05) is 11.3 Å². The Kier molecular flexibility index (Phi) is 4.21. The van der Waals surface area contributed by atoms with Crippen LogP contribution in [0.1, 0.15) is 19.3 Å². The number of rotatable bonds is 2. The summed E-state index contributed by atoms with van der Waals surface area (Å²) in [6.07, 6.45) is 2.77. The fraction of sp³-hybridized carbons (Fsp3) is 0.800. The van der Waals surface area contributed by atoms with Gasteiger partial charge in [0.15, 0.2) is 0 Å². The van der Waals surface area contributed by atoms with Crippen LogP contribution in [0.5, 0.6) is 0 Å². The molecular weight excluding hydrogens is 316 g/mol. The standard InChI is InChI=1S/C15H22N4O3S/c20-13(18-5-7-21-8-6-18)12-9-15(22-10-12)1-3-19(4-2-15)14-17-16-11-23-14/h11-12H,1-10H2/t12-/m0/s1. The van der Waals surface area contributed by atoms with E-state index in [0.717, 1.165) is 37.5 Å². The average Bonchev–Trinajstić information content (AvgIpc) is 3.27. The molecule has 0 unspecified atom stereocenters. The Morgan fingerprint density at radius 1 is 1.26 bits per heavy atom. The van der Waals surface area contributed by atoms with E-state index in [1.165, 1.54) is 0 Å². The number of morpholine rings is 1. The fourth-order valence-corrected chi connectivity index (χ4v) is 4.42. The molecule has 1 spiro atoms. The topological polar surface area (TPSA) is 67.8 Å². The van der Waals surface area contributed by atoms with Gasteiger partial charge in [-0.25, -0.2) is 0 Å². The Hall–Kier alpha value is -1.25. The molecule has 0 radical (unpaired) electrons. The lowest BCUT2D eigenvalue weighted by atomic mass is 9.85. The molecule has 1 amide bonds. The molecule has 0 N–H and O–H groups in total. The van der Waals surface area contributed by atoms with E-state index < -0.39 is 0 Å². The van der Waals surface area contributed by atoms with E-state index in [1.807, 2.05) is 4.90 Å². The summed E-state index contributed by atoms with van der Waals surface area (Å²) < 4.78 is 11.5. The molecular formula is C15H22N4O3S. The van der Waals surface area contributed by atoms with Crippen LogP contribution in [0.4, 0.5) is 5.13 Å². The number of amides is 1. The van der Waals surface area contributed by atoms with Crippen LogP contribution in [0.25, 0.3) is 0 Å². The van der Waals surface area contributed by atoms with Crippen molar-refractivity contribution in [1.29, 1.82) is 0 Å². The third-order valence-electron chi connectivity index (χ3n) is 5.17. The highest BCUT2D eigenvalue weighted by Crippen LogP contribution is 2.40. The summed E-state index contributed by atoms with van der Waals surface area (Å²) in [4.78, 5) is 16.8. The molecule has 0 saturated carbocycles. The minimum atomic E-state index is -0.117. The van der Waals surface area contributed by atoms with Crippen LogP contribution in [-0.2, 0) is 14.3 Å². The maximum atomic E-state index is 12.6. The number of hydrogen-bond acceptors (Lipinski definition) is 7. The number of hydrogen-bond donors (Lipinski definition) is 0. The molecule has 4 rings (SSSR count). The molecule has 1 aromatic heterocycles. The molecule has 0 aromatic carbocycles. The third kappa shape index (κ3) is 3.07. The van der Waals surface area contributed by atoms with Gasteiger partial charge in [0.05, 0.1) is 31.3 Å². The summed E-state index contributed by atoms with van der Waals surface area (Å²) in [6, 6.07) is 0. The highest BCUT2D eigenvalue weighted by atomic mass is 32.1. The first kappa shape index (κ1) is 15.3. The first-order chi connectivity index (χ1) is 11.3. The molecule has 23 heavy (non-hydrogen) atoms. The van der Waals surface area contributed by atoms with Gasteiger partial charge in [0.1, 0.15) is 5.51 Å². The van der Waals surface area contributed by atoms with Crippen LogP contribution in [0.3, 0.4) is 0 Å². The van der Waals surface area contributed by atoms with Crippen molar-refractivity contribution in [2.45, 2.75) is 24.9 Å². The van der Waals surface area contributed by atoms with Gasteiger partial charge in [-0.05, 0) is 19.3 Å². The second-order valence-electron chi connectivity index (χ2n) is 6.54. The molecule has 1 aromatic rings. The predicted molar refractivity (Wildman–Crippen MR) is 85.5 cm³/mol. The minimum absolute atomic E-state index is 0.0150. The van der Waals surface area contributed by atoms with Crippen LogP contribution in [0.2, 0.25) is 0 Å². The predicted octanol–water partition coefficient (Wildman–Crippen LogP) is 0.772. The molecule has 1 atom stereocenters. The zero-order valence-corrected chi connectivity index (χ0v) is 14.0. The Balaban J connectivity index is 1.34. The van der Waals surface area contributed by atoms with Crippen molar-refractivity contribution in [3.05, 3.63) is 5.51 Å². The van der Waals surface area contributed by atoms with Crippen molar-refractivity contribution >= 4 is 22.4 Å². The molecule has 3 aliphatic heterocycles. The number of carbonyl (C=O) groups is 1. The molecule has 3 fully saturated rings. The largest absolute Gasteiger partial charge is 0.378 e. The Morgan fingerprint density at radius 2 is 2.04 bits per heavy atom. The normalized spacial score (nSPS) is 27.6. The Morgan fingerprint density at radius 3 is 2.74 bits per heavy atom. The van der Waals surface area contributed by atoms with Crippen molar-refractivity contribution in [3.63, 3.8) is 0 Å². The maximum absolute atomic E-state index is 12.6. The number of nitrogens with zero attached hydrogens (tertiary/aromatic N) is 4. The number of carbonyl (C=O) groups excluding carboxylic acids is 1. The smallest absolute Gasteiger partial charge is 0.228 e. The molecule has 3 aliphatic rings. The zero-order valence-electron chi connectivity index (χ0n) is 13.1. The van der Waals surface area contributed by atoms with Gasteiger partial charge >= 0.3 is 0 Å². The number of aromatic nitrogens is 2. The van der Waals surface area contributed by atoms with Gasteiger partial charge in [0.2, 0.25) is 11.0 Å². The van der Waals surface area contributed by atoms with Crippen LogP contribution in [0, 0.1) is 5.92 Å². The summed E-state index contributed by atoms with van der Waals surface area (Å²) in [5.74, 6) is 0.262. The van der Waals surface area contributed by atoms with Gasteiger partial charge in [0.25, 0.3) is 0 Å². The van der Waals surface area contributed by atoms with Crippen LogP contribution in [0.15, 0.2) is 5.51 Å². The van der Waals surface area contributed by atoms with Crippen molar-refractivity contribution in [3.8, 4) is 0 Å². The van der Waals surface area contributed by atoms with Crippen LogP contribution >= 0.6 is 11.3 Å². The van der Waals surface area contributed by atoms with Gasteiger partial charge in [-0.2, -0.15) is 0 Å². The minimum Gasteiger partial charge on any atom is -0.378 e. The lowest BCUT2D eigenvalue weighted by molar-refractivity contribution is -0.139. The molecule has 8 heteroatoms. The van der Waals surface area contributed by atoms with E-state index >= 15 is 0 Å². The second kappa shape index (κ2) is 6.33. The van der Waals surface area contributed by atoms with E-state index in [4.69, 9.17) is 9.47 Å². The molecule has 0 bridgehead atoms. The average molecular weight is 338 g/mol. The van der Waals surface area contributed by atoms with Gasteiger partial charge in [-0.3, -0.25) is 4.79 Å². The van der Waals surface area contributed by atoms with E-state index in [9.17, 15) is 4.79 Å². The van der Waals surface area contributed by atoms with E-state index in [2.05, 4.69) is 15.1 Å². The third-order valence-corrected chi connectivity index (χ3v) is 5.93. The Labute approximate surface area is 139 Å². The van der Waals surface area contributed by atoms with Gasteiger partial charge in [-0.15, -0.1) is 10.2 Å². The van der Waals surface area contributed by atoms with Crippen molar-refractivity contribution < 1.29 is 14.3 Å². The van der Waals surface area contributed by atoms with E-state index in [-0.39, 0.29) is 17.4 Å². The van der Waals surface area contributed by atoms with E-state index in [0.29, 0.717) is 32.9 Å². The van der Waals surface area contributed by atoms with Crippen molar-refractivity contribution in [2.24, 2.45) is 5.92 Å². The van der Waals surface area contributed by atoms with Crippen LogP contribution < -0.4 is 4.90 Å². The van der Waals surface area contributed by atoms with Crippen molar-refractivity contribution in [1.82, 2.24) is 15.1 Å². The molecule has 7 nitrogen and oxygen atoms in total. The quantitative estimate of drug-likeness (QED) is 0.794. The molecule has 3 saturated heterocycles. The van der Waals surface area contributed by atoms with Gasteiger partial charge < -0.3 is 19.3 Å². The summed E-state index contributed by atoms with van der Waals surface area (Å²) in [5.41, 5.74) is 1.65. The highest BCUT2D eigenvalue weighted by molar-refractivity contribution is 7.13. The van der Waals surface area contributed by atoms with Crippen molar-refractivity contribution in [2.75, 3.05) is 50.9 Å². The lowest BCUT2D eigenvalue weighted by Crippen LogP contribution is -2.46. The first-order valence-electron chi connectivity index (χ1n) is 8.27. The zero-order chi connectivity index (χ0) is 15.7. The molecule has 4 heterocycles.